The summed E-state index contributed by atoms with van der Waals surface area (Å²) >= 11 is 7.62. The highest BCUT2D eigenvalue weighted by molar-refractivity contribution is 7.07. The monoisotopic (exact) mass is 410 g/mol. The van der Waals surface area contributed by atoms with Crippen LogP contribution < -0.4 is 4.80 Å². The number of hydrogen-bond acceptors (Lipinski definition) is 4. The number of thiazole rings is 1. The quantitative estimate of drug-likeness (QED) is 0.412. The molecule has 1 unspecified atom stereocenters. The number of halogens is 1. The molecule has 1 fully saturated rings. The lowest BCUT2D eigenvalue weighted by Gasteiger charge is -2.13. The SMILES string of the molecule is Clc1ccc(N=c2scc(-c3cc4ccccc4o3)n2CC2CCCO2)cc1. The summed E-state index contributed by atoms with van der Waals surface area (Å²) in [5.41, 5.74) is 2.80. The van der Waals surface area contributed by atoms with Crippen LogP contribution in [0.5, 0.6) is 0 Å². The lowest BCUT2D eigenvalue weighted by molar-refractivity contribution is 0.0967. The number of furan rings is 1. The molecule has 3 heterocycles. The number of benzene rings is 2. The summed E-state index contributed by atoms with van der Waals surface area (Å²) in [5, 5.41) is 3.92. The second-order valence-corrected chi connectivity index (χ2v) is 8.16. The number of hydrogen-bond donors (Lipinski definition) is 0. The van der Waals surface area contributed by atoms with E-state index >= 15 is 0 Å². The fourth-order valence-electron chi connectivity index (χ4n) is 3.52. The Balaban J connectivity index is 1.61. The van der Waals surface area contributed by atoms with E-state index in [-0.39, 0.29) is 6.10 Å². The van der Waals surface area contributed by atoms with Gasteiger partial charge in [0.05, 0.1) is 24.0 Å². The number of rotatable bonds is 4. The molecule has 0 radical (unpaired) electrons. The topological polar surface area (TPSA) is 39.7 Å². The van der Waals surface area contributed by atoms with Gasteiger partial charge in [0.2, 0.25) is 0 Å². The van der Waals surface area contributed by atoms with Crippen LogP contribution in [0.2, 0.25) is 5.02 Å². The van der Waals surface area contributed by atoms with Crippen LogP contribution in [0.25, 0.3) is 22.4 Å². The average molecular weight is 411 g/mol. The zero-order chi connectivity index (χ0) is 18.9. The lowest BCUT2D eigenvalue weighted by Crippen LogP contribution is -2.23. The summed E-state index contributed by atoms with van der Waals surface area (Å²) in [5.74, 6) is 0.855. The second kappa shape index (κ2) is 7.59. The Morgan fingerprint density at radius 1 is 1.14 bits per heavy atom. The third kappa shape index (κ3) is 3.53. The van der Waals surface area contributed by atoms with Crippen molar-refractivity contribution in [3.05, 3.63) is 69.8 Å². The Morgan fingerprint density at radius 3 is 2.79 bits per heavy atom. The van der Waals surface area contributed by atoms with E-state index in [4.69, 9.17) is 25.7 Å². The van der Waals surface area contributed by atoms with Crippen LogP contribution in [0.4, 0.5) is 5.69 Å². The molecule has 6 heteroatoms. The number of ether oxygens (including phenoxy) is 1. The van der Waals surface area contributed by atoms with Gasteiger partial charge >= 0.3 is 0 Å². The molecule has 5 rings (SSSR count). The van der Waals surface area contributed by atoms with Crippen LogP contribution in [0.3, 0.4) is 0 Å². The fraction of sp³-hybridized carbons (Fsp3) is 0.227. The maximum Gasteiger partial charge on any atom is 0.190 e. The summed E-state index contributed by atoms with van der Waals surface area (Å²) in [4.78, 5) is 5.77. The first-order chi connectivity index (χ1) is 13.8. The van der Waals surface area contributed by atoms with Gasteiger partial charge in [0, 0.05) is 22.4 Å². The van der Waals surface area contributed by atoms with Crippen molar-refractivity contribution in [2.75, 3.05) is 6.61 Å². The van der Waals surface area contributed by atoms with Crippen molar-refractivity contribution in [2.45, 2.75) is 25.5 Å². The maximum atomic E-state index is 6.12. The summed E-state index contributed by atoms with van der Waals surface area (Å²) in [6, 6.07) is 17.7. The van der Waals surface area contributed by atoms with Crippen molar-refractivity contribution in [2.24, 2.45) is 4.99 Å². The molecule has 1 saturated heterocycles. The molecule has 0 spiro atoms. The van der Waals surface area contributed by atoms with Gasteiger partial charge < -0.3 is 13.7 Å². The highest BCUT2D eigenvalue weighted by Gasteiger charge is 2.20. The van der Waals surface area contributed by atoms with Crippen molar-refractivity contribution in [3.63, 3.8) is 0 Å². The second-order valence-electron chi connectivity index (χ2n) is 6.89. The van der Waals surface area contributed by atoms with Crippen molar-refractivity contribution >= 4 is 39.6 Å². The summed E-state index contributed by atoms with van der Waals surface area (Å²) < 4.78 is 14.2. The van der Waals surface area contributed by atoms with E-state index in [0.717, 1.165) is 58.9 Å². The van der Waals surface area contributed by atoms with Crippen LogP contribution >= 0.6 is 22.9 Å². The zero-order valence-corrected chi connectivity index (χ0v) is 16.7. The fourth-order valence-corrected chi connectivity index (χ4v) is 4.56. The highest BCUT2D eigenvalue weighted by Crippen LogP contribution is 2.29. The predicted molar refractivity (Wildman–Crippen MR) is 113 cm³/mol. The van der Waals surface area contributed by atoms with Gasteiger partial charge in [0.15, 0.2) is 10.6 Å². The largest absolute Gasteiger partial charge is 0.454 e. The summed E-state index contributed by atoms with van der Waals surface area (Å²) in [7, 11) is 0. The molecule has 1 atom stereocenters. The van der Waals surface area contributed by atoms with Gasteiger partial charge in [-0.2, -0.15) is 0 Å². The lowest BCUT2D eigenvalue weighted by atomic mass is 10.2. The smallest absolute Gasteiger partial charge is 0.190 e. The normalized spacial score (nSPS) is 17.6. The number of nitrogens with zero attached hydrogens (tertiary/aromatic N) is 2. The molecule has 2 aromatic carbocycles. The van der Waals surface area contributed by atoms with Gasteiger partial charge in [-0.1, -0.05) is 29.8 Å². The Morgan fingerprint density at radius 2 is 2.00 bits per heavy atom. The van der Waals surface area contributed by atoms with Gasteiger partial charge in [0.1, 0.15) is 5.58 Å². The molecule has 4 aromatic rings. The van der Waals surface area contributed by atoms with E-state index in [1.807, 2.05) is 42.5 Å². The minimum absolute atomic E-state index is 0.210. The molecular weight excluding hydrogens is 392 g/mol. The molecule has 28 heavy (non-hydrogen) atoms. The van der Waals surface area contributed by atoms with Crippen molar-refractivity contribution in [1.29, 1.82) is 0 Å². The van der Waals surface area contributed by atoms with E-state index < -0.39 is 0 Å². The van der Waals surface area contributed by atoms with Gasteiger partial charge in [-0.3, -0.25) is 0 Å². The van der Waals surface area contributed by atoms with E-state index in [2.05, 4.69) is 22.1 Å². The molecule has 0 saturated carbocycles. The first kappa shape index (κ1) is 17.7. The minimum atomic E-state index is 0.210. The van der Waals surface area contributed by atoms with E-state index in [0.29, 0.717) is 5.02 Å². The molecule has 2 aromatic heterocycles. The van der Waals surface area contributed by atoms with E-state index in [1.54, 1.807) is 11.3 Å². The highest BCUT2D eigenvalue weighted by atomic mass is 35.5. The van der Waals surface area contributed by atoms with Gasteiger partial charge in [-0.05, 0) is 49.2 Å². The maximum absolute atomic E-state index is 6.12. The van der Waals surface area contributed by atoms with Crippen LogP contribution in [-0.4, -0.2) is 17.3 Å². The molecule has 1 aliphatic heterocycles. The molecule has 4 nitrogen and oxygen atoms in total. The van der Waals surface area contributed by atoms with Crippen LogP contribution in [0.1, 0.15) is 12.8 Å². The Labute approximate surface area is 171 Å². The Hall–Kier alpha value is -2.34. The van der Waals surface area contributed by atoms with Crippen LogP contribution in [-0.2, 0) is 11.3 Å². The van der Waals surface area contributed by atoms with Crippen molar-refractivity contribution in [3.8, 4) is 11.5 Å². The number of para-hydroxylation sites is 1. The van der Waals surface area contributed by atoms with Crippen molar-refractivity contribution < 1.29 is 9.15 Å². The summed E-state index contributed by atoms with van der Waals surface area (Å²) in [6.07, 6.45) is 2.39. The third-order valence-corrected chi connectivity index (χ3v) is 6.05. The van der Waals surface area contributed by atoms with Gasteiger partial charge in [-0.25, -0.2) is 4.99 Å². The van der Waals surface area contributed by atoms with Crippen LogP contribution in [0.15, 0.2) is 69.4 Å². The van der Waals surface area contributed by atoms with Crippen LogP contribution in [0, 0.1) is 0 Å². The molecule has 0 bridgehead atoms. The number of aromatic nitrogens is 1. The third-order valence-electron chi connectivity index (χ3n) is 4.94. The number of fused-ring (bicyclic) bond motifs is 1. The molecule has 0 N–H and O–H groups in total. The molecule has 142 valence electrons. The molecular formula is C22H19ClN2O2S. The standard InChI is InChI=1S/C22H19ClN2O2S/c23-16-7-9-17(10-8-16)24-22-25(13-18-5-3-11-26-18)19(14-28-22)21-12-15-4-1-2-6-20(15)27-21/h1-2,4,6-10,12,14,18H,3,5,11,13H2. The molecule has 1 aliphatic rings. The average Bonchev–Trinajstić information content (AvgIpc) is 3.44. The Bertz CT molecular complexity index is 1130. The van der Waals surface area contributed by atoms with E-state index in [1.165, 1.54) is 0 Å². The van der Waals surface area contributed by atoms with Gasteiger partial charge in [-0.15, -0.1) is 11.3 Å². The zero-order valence-electron chi connectivity index (χ0n) is 15.2. The van der Waals surface area contributed by atoms with E-state index in [9.17, 15) is 0 Å². The molecule has 0 aliphatic carbocycles. The first-order valence-corrected chi connectivity index (χ1v) is 10.6. The summed E-state index contributed by atoms with van der Waals surface area (Å²) in [6.45, 7) is 1.60. The van der Waals surface area contributed by atoms with Gasteiger partial charge in [0.25, 0.3) is 0 Å². The predicted octanol–water partition coefficient (Wildman–Crippen LogP) is 6.03. The Kier molecular flexibility index (Phi) is 4.81. The molecule has 0 amide bonds. The first-order valence-electron chi connectivity index (χ1n) is 9.35. The van der Waals surface area contributed by atoms with Crippen molar-refractivity contribution in [1.82, 2.24) is 4.57 Å². The minimum Gasteiger partial charge on any atom is -0.454 e.